The molecule has 16 heavy (non-hydrogen) atoms. The first-order chi connectivity index (χ1) is 7.79. The van der Waals surface area contributed by atoms with Crippen LogP contribution in [0, 0.1) is 0 Å². The first-order valence-corrected chi connectivity index (χ1v) is 6.24. The minimum atomic E-state index is 0.859. The van der Waals surface area contributed by atoms with Gasteiger partial charge in [0.1, 0.15) is 6.29 Å². The molecule has 0 saturated heterocycles. The topological polar surface area (TPSA) is 17.1 Å². The lowest BCUT2D eigenvalue weighted by molar-refractivity contribution is -0.104. The van der Waals surface area contributed by atoms with E-state index in [2.05, 4.69) is 29.6 Å². The van der Waals surface area contributed by atoms with Crippen LogP contribution in [0.1, 0.15) is 18.9 Å². The van der Waals surface area contributed by atoms with Crippen molar-refractivity contribution in [1.29, 1.82) is 0 Å². The predicted molar refractivity (Wildman–Crippen MR) is 70.0 cm³/mol. The smallest absolute Gasteiger partial charge is 0.142 e. The molecule has 0 amide bonds. The number of hydrogen-bond acceptors (Lipinski definition) is 2. The summed E-state index contributed by atoms with van der Waals surface area (Å²) < 4.78 is 1.34. The molecule has 2 aromatic rings. The Hall–Kier alpha value is -1.41. The van der Waals surface area contributed by atoms with E-state index in [4.69, 9.17) is 0 Å². The maximum atomic E-state index is 10.3. The molecular weight excluding hydrogens is 216 g/mol. The lowest BCUT2D eigenvalue weighted by Gasteiger charge is -2.01. The van der Waals surface area contributed by atoms with Gasteiger partial charge < -0.3 is 0 Å². The number of carbonyl (C=O) groups excluding carboxylic acids is 1. The molecule has 0 aliphatic carbocycles. The summed E-state index contributed by atoms with van der Waals surface area (Å²) in [5.41, 5.74) is 2.48. The standard InChI is InChI=1S/C14H14OS/c1-11(6-8-15)2-3-12-4-5-14-13(10-12)7-9-16-14/h4-10H,2-3H2,1H3/b11-6+. The second-order valence-electron chi connectivity index (χ2n) is 3.94. The number of aryl methyl sites for hydroxylation is 1. The van der Waals surface area contributed by atoms with E-state index in [0.717, 1.165) is 24.7 Å². The fourth-order valence-electron chi connectivity index (χ4n) is 1.71. The van der Waals surface area contributed by atoms with E-state index in [9.17, 15) is 4.79 Å². The number of hydrogen-bond donors (Lipinski definition) is 0. The highest BCUT2D eigenvalue weighted by atomic mass is 32.1. The molecule has 0 aliphatic heterocycles. The van der Waals surface area contributed by atoms with Crippen molar-refractivity contribution in [3.63, 3.8) is 0 Å². The van der Waals surface area contributed by atoms with Gasteiger partial charge in [-0.3, -0.25) is 4.79 Å². The van der Waals surface area contributed by atoms with Gasteiger partial charge in [-0.1, -0.05) is 17.7 Å². The van der Waals surface area contributed by atoms with E-state index >= 15 is 0 Å². The molecule has 0 aliphatic rings. The molecule has 0 saturated carbocycles. The van der Waals surface area contributed by atoms with Gasteiger partial charge in [0.05, 0.1) is 0 Å². The zero-order valence-electron chi connectivity index (χ0n) is 9.27. The van der Waals surface area contributed by atoms with Gasteiger partial charge in [-0.25, -0.2) is 0 Å². The van der Waals surface area contributed by atoms with E-state index in [1.807, 2.05) is 6.92 Å². The van der Waals surface area contributed by atoms with Crippen molar-refractivity contribution in [2.24, 2.45) is 0 Å². The number of aldehydes is 1. The van der Waals surface area contributed by atoms with Gasteiger partial charge in [0.25, 0.3) is 0 Å². The maximum absolute atomic E-state index is 10.3. The summed E-state index contributed by atoms with van der Waals surface area (Å²) in [5, 5.41) is 3.44. The monoisotopic (exact) mass is 230 g/mol. The fourth-order valence-corrected chi connectivity index (χ4v) is 2.48. The Morgan fingerprint density at radius 1 is 1.38 bits per heavy atom. The van der Waals surface area contributed by atoms with Crippen LogP contribution in [-0.2, 0) is 11.2 Å². The molecule has 1 heterocycles. The Morgan fingerprint density at radius 2 is 2.25 bits per heavy atom. The van der Waals surface area contributed by atoms with Crippen molar-refractivity contribution in [3.05, 3.63) is 46.9 Å². The molecule has 0 spiro atoms. The third-order valence-electron chi connectivity index (χ3n) is 2.68. The second-order valence-corrected chi connectivity index (χ2v) is 4.89. The third kappa shape index (κ3) is 2.58. The molecule has 2 heteroatoms. The summed E-state index contributed by atoms with van der Waals surface area (Å²) in [7, 11) is 0. The average Bonchev–Trinajstić information content (AvgIpc) is 2.74. The second kappa shape index (κ2) is 5.08. The highest BCUT2D eigenvalue weighted by molar-refractivity contribution is 7.17. The normalized spacial score (nSPS) is 11.9. The molecule has 0 bridgehead atoms. The molecule has 0 atom stereocenters. The number of thiophene rings is 1. The molecule has 1 nitrogen and oxygen atoms in total. The van der Waals surface area contributed by atoms with Crippen LogP contribution in [0.2, 0.25) is 0 Å². The van der Waals surface area contributed by atoms with Crippen molar-refractivity contribution in [2.75, 3.05) is 0 Å². The Morgan fingerprint density at radius 3 is 3.06 bits per heavy atom. The molecule has 1 aromatic heterocycles. The Balaban J connectivity index is 2.09. The summed E-state index contributed by atoms with van der Waals surface area (Å²) in [6.45, 7) is 2.00. The number of allylic oxidation sites excluding steroid dienone is 2. The molecule has 0 fully saturated rings. The van der Waals surface area contributed by atoms with Crippen LogP contribution in [0.25, 0.3) is 10.1 Å². The van der Waals surface area contributed by atoms with Crippen molar-refractivity contribution < 1.29 is 4.79 Å². The molecular formula is C14H14OS. The van der Waals surface area contributed by atoms with Crippen LogP contribution in [0.3, 0.4) is 0 Å². The summed E-state index contributed by atoms with van der Waals surface area (Å²) in [4.78, 5) is 10.3. The molecule has 1 aromatic carbocycles. The van der Waals surface area contributed by atoms with Crippen LogP contribution in [0.15, 0.2) is 41.3 Å². The summed E-state index contributed by atoms with van der Waals surface area (Å²) in [6, 6.07) is 8.73. The van der Waals surface area contributed by atoms with Gasteiger partial charge in [0.15, 0.2) is 0 Å². The van der Waals surface area contributed by atoms with Crippen LogP contribution in [0.5, 0.6) is 0 Å². The molecule has 0 unspecified atom stereocenters. The van der Waals surface area contributed by atoms with E-state index < -0.39 is 0 Å². The first kappa shape index (κ1) is 11.1. The van der Waals surface area contributed by atoms with Gasteiger partial charge in [0.2, 0.25) is 0 Å². The summed E-state index contributed by atoms with van der Waals surface area (Å²) in [6.07, 6.45) is 4.46. The van der Waals surface area contributed by atoms with Crippen molar-refractivity contribution in [2.45, 2.75) is 19.8 Å². The molecule has 82 valence electrons. The van der Waals surface area contributed by atoms with E-state index in [-0.39, 0.29) is 0 Å². The van der Waals surface area contributed by atoms with Gasteiger partial charge in [-0.15, -0.1) is 11.3 Å². The Labute approximate surface area is 99.4 Å². The van der Waals surface area contributed by atoms with E-state index in [1.54, 1.807) is 17.4 Å². The first-order valence-electron chi connectivity index (χ1n) is 5.36. The summed E-state index contributed by atoms with van der Waals surface area (Å²) >= 11 is 1.77. The average molecular weight is 230 g/mol. The van der Waals surface area contributed by atoms with E-state index in [0.29, 0.717) is 0 Å². The number of benzene rings is 1. The fraction of sp³-hybridized carbons (Fsp3) is 0.214. The third-order valence-corrected chi connectivity index (χ3v) is 3.58. The minimum Gasteiger partial charge on any atom is -0.299 e. The van der Waals surface area contributed by atoms with Gasteiger partial charge in [-0.2, -0.15) is 0 Å². The predicted octanol–water partition coefficient (Wildman–Crippen LogP) is 3.98. The number of rotatable bonds is 4. The van der Waals surface area contributed by atoms with Crippen LogP contribution in [0.4, 0.5) is 0 Å². The van der Waals surface area contributed by atoms with Gasteiger partial charge >= 0.3 is 0 Å². The van der Waals surface area contributed by atoms with Crippen LogP contribution < -0.4 is 0 Å². The highest BCUT2D eigenvalue weighted by Gasteiger charge is 1.98. The lowest BCUT2D eigenvalue weighted by atomic mass is 10.0. The quantitative estimate of drug-likeness (QED) is 0.573. The van der Waals surface area contributed by atoms with Crippen molar-refractivity contribution in [3.8, 4) is 0 Å². The number of carbonyl (C=O) groups is 1. The minimum absolute atomic E-state index is 0.859. The summed E-state index contributed by atoms with van der Waals surface area (Å²) in [5.74, 6) is 0. The molecule has 0 radical (unpaired) electrons. The lowest BCUT2D eigenvalue weighted by Crippen LogP contribution is -1.86. The Kier molecular flexibility index (Phi) is 3.52. The van der Waals surface area contributed by atoms with Gasteiger partial charge in [0, 0.05) is 4.70 Å². The molecule has 2 rings (SSSR count). The highest BCUT2D eigenvalue weighted by Crippen LogP contribution is 2.22. The van der Waals surface area contributed by atoms with Crippen LogP contribution >= 0.6 is 11.3 Å². The van der Waals surface area contributed by atoms with E-state index in [1.165, 1.54) is 15.6 Å². The SMILES string of the molecule is C/C(=C\C=O)CCc1ccc2sccc2c1. The Bertz CT molecular complexity index is 522. The zero-order valence-corrected chi connectivity index (χ0v) is 10.1. The molecule has 0 N–H and O–H groups in total. The van der Waals surface area contributed by atoms with Crippen molar-refractivity contribution >= 4 is 27.7 Å². The largest absolute Gasteiger partial charge is 0.299 e. The van der Waals surface area contributed by atoms with Crippen LogP contribution in [-0.4, -0.2) is 6.29 Å². The van der Waals surface area contributed by atoms with Gasteiger partial charge in [-0.05, 0) is 54.3 Å². The van der Waals surface area contributed by atoms with Crippen molar-refractivity contribution in [1.82, 2.24) is 0 Å². The zero-order chi connectivity index (χ0) is 11.4. The maximum Gasteiger partial charge on any atom is 0.142 e. The number of fused-ring (bicyclic) bond motifs is 1.